The van der Waals surface area contributed by atoms with Crippen molar-refractivity contribution in [3.63, 3.8) is 0 Å². The summed E-state index contributed by atoms with van der Waals surface area (Å²) in [5, 5.41) is 8.55. The molecule has 132 valence electrons. The zero-order valence-electron chi connectivity index (χ0n) is 14.0. The highest BCUT2D eigenvalue weighted by atomic mass is 16.5. The fraction of sp³-hybridized carbons (Fsp3) is 0.235. The van der Waals surface area contributed by atoms with E-state index in [4.69, 9.17) is 15.7 Å². The van der Waals surface area contributed by atoms with Crippen molar-refractivity contribution in [2.45, 2.75) is 12.5 Å². The maximum absolute atomic E-state index is 11.8. The van der Waals surface area contributed by atoms with Crippen LogP contribution in [0.3, 0.4) is 0 Å². The second-order valence-corrected chi connectivity index (χ2v) is 5.62. The zero-order valence-corrected chi connectivity index (χ0v) is 14.0. The standard InChI is InChI=1S/C17H20N4O4/c1-21(2)17(23)14(18)9-11-3-6-13(7-4-11)25-15-8-5-12(10-19-15)16(22)20-24/h3-8,10,14,24H,9,18H2,1-2H3,(H,20,22)/t14-/m0/s1. The number of amides is 2. The zero-order chi connectivity index (χ0) is 18.4. The van der Waals surface area contributed by atoms with Gasteiger partial charge < -0.3 is 15.4 Å². The molecule has 2 rings (SSSR count). The van der Waals surface area contributed by atoms with Crippen molar-refractivity contribution in [2.75, 3.05) is 14.1 Å². The Morgan fingerprint density at radius 1 is 1.24 bits per heavy atom. The molecule has 0 aliphatic heterocycles. The Kier molecular flexibility index (Phi) is 6.04. The number of carbonyl (C=O) groups excluding carboxylic acids is 2. The molecule has 0 unspecified atom stereocenters. The Bertz CT molecular complexity index is 729. The number of aromatic nitrogens is 1. The number of benzene rings is 1. The molecule has 8 heteroatoms. The maximum Gasteiger partial charge on any atom is 0.276 e. The molecule has 0 saturated heterocycles. The normalized spacial score (nSPS) is 11.5. The Balaban J connectivity index is 1.98. The van der Waals surface area contributed by atoms with Gasteiger partial charge in [-0.25, -0.2) is 10.5 Å². The lowest BCUT2D eigenvalue weighted by Crippen LogP contribution is -2.41. The summed E-state index contributed by atoms with van der Waals surface area (Å²) in [5.41, 5.74) is 8.54. The van der Waals surface area contributed by atoms with Gasteiger partial charge in [0.1, 0.15) is 5.75 Å². The molecule has 2 amide bonds. The third-order valence-corrected chi connectivity index (χ3v) is 3.46. The van der Waals surface area contributed by atoms with Gasteiger partial charge in [0.2, 0.25) is 11.8 Å². The summed E-state index contributed by atoms with van der Waals surface area (Å²) in [5.74, 6) is 0.0911. The van der Waals surface area contributed by atoms with Gasteiger partial charge in [0, 0.05) is 26.4 Å². The molecule has 4 N–H and O–H groups in total. The van der Waals surface area contributed by atoms with Crippen LogP contribution in [0.2, 0.25) is 0 Å². The van der Waals surface area contributed by atoms with E-state index in [0.717, 1.165) is 5.56 Å². The average Bonchev–Trinajstić information content (AvgIpc) is 2.62. The van der Waals surface area contributed by atoms with Crippen LogP contribution in [0.4, 0.5) is 0 Å². The van der Waals surface area contributed by atoms with Gasteiger partial charge in [-0.1, -0.05) is 12.1 Å². The summed E-state index contributed by atoms with van der Waals surface area (Å²) in [6.07, 6.45) is 1.72. The van der Waals surface area contributed by atoms with Crippen LogP contribution in [0.1, 0.15) is 15.9 Å². The first-order valence-electron chi connectivity index (χ1n) is 7.54. The molecule has 1 heterocycles. The molecule has 0 fully saturated rings. The number of hydrogen-bond acceptors (Lipinski definition) is 6. The van der Waals surface area contributed by atoms with Crippen LogP contribution in [0.15, 0.2) is 42.6 Å². The van der Waals surface area contributed by atoms with Crippen molar-refractivity contribution >= 4 is 11.8 Å². The largest absolute Gasteiger partial charge is 0.439 e. The van der Waals surface area contributed by atoms with Crippen LogP contribution in [0.5, 0.6) is 11.6 Å². The minimum Gasteiger partial charge on any atom is -0.439 e. The summed E-state index contributed by atoms with van der Waals surface area (Å²) in [7, 11) is 3.34. The topological polar surface area (TPSA) is 118 Å². The van der Waals surface area contributed by atoms with E-state index >= 15 is 0 Å². The minimum absolute atomic E-state index is 0.128. The lowest BCUT2D eigenvalue weighted by atomic mass is 10.1. The van der Waals surface area contributed by atoms with E-state index in [0.29, 0.717) is 18.1 Å². The van der Waals surface area contributed by atoms with Gasteiger partial charge >= 0.3 is 0 Å². The van der Waals surface area contributed by atoms with Gasteiger partial charge in [-0.05, 0) is 30.2 Å². The van der Waals surface area contributed by atoms with Crippen molar-refractivity contribution in [1.82, 2.24) is 15.4 Å². The van der Waals surface area contributed by atoms with Gasteiger partial charge in [-0.3, -0.25) is 14.8 Å². The number of nitrogens with one attached hydrogen (secondary N) is 1. The van der Waals surface area contributed by atoms with E-state index in [1.807, 2.05) is 12.1 Å². The van der Waals surface area contributed by atoms with Crippen LogP contribution < -0.4 is 16.0 Å². The molecule has 0 bridgehead atoms. The number of nitrogens with zero attached hydrogens (tertiary/aromatic N) is 2. The number of likely N-dealkylation sites (N-methyl/N-ethyl adjacent to an activating group) is 1. The number of hydroxylamine groups is 1. The first-order valence-corrected chi connectivity index (χ1v) is 7.54. The summed E-state index contributed by atoms with van der Waals surface area (Å²) in [4.78, 5) is 28.5. The third-order valence-electron chi connectivity index (χ3n) is 3.46. The molecule has 0 radical (unpaired) electrons. The lowest BCUT2D eigenvalue weighted by Gasteiger charge is -2.16. The molecular weight excluding hydrogens is 324 g/mol. The van der Waals surface area contributed by atoms with E-state index in [1.54, 1.807) is 26.2 Å². The van der Waals surface area contributed by atoms with E-state index in [1.165, 1.54) is 28.7 Å². The Labute approximate surface area is 145 Å². The van der Waals surface area contributed by atoms with Crippen LogP contribution in [0.25, 0.3) is 0 Å². The molecule has 2 aromatic rings. The van der Waals surface area contributed by atoms with Crippen molar-refractivity contribution in [1.29, 1.82) is 0 Å². The van der Waals surface area contributed by atoms with E-state index in [9.17, 15) is 9.59 Å². The Morgan fingerprint density at radius 2 is 1.92 bits per heavy atom. The van der Waals surface area contributed by atoms with Crippen molar-refractivity contribution in [2.24, 2.45) is 5.73 Å². The Hall–Kier alpha value is -2.97. The number of ether oxygens (including phenoxy) is 1. The molecule has 25 heavy (non-hydrogen) atoms. The summed E-state index contributed by atoms with van der Waals surface area (Å²) < 4.78 is 5.58. The van der Waals surface area contributed by atoms with Crippen LogP contribution in [-0.4, -0.2) is 47.0 Å². The molecule has 1 atom stereocenters. The SMILES string of the molecule is CN(C)C(=O)[C@@H](N)Cc1ccc(Oc2ccc(C(=O)NO)cn2)cc1. The highest BCUT2D eigenvalue weighted by Gasteiger charge is 2.15. The molecule has 1 aromatic heterocycles. The number of pyridine rings is 1. The van der Waals surface area contributed by atoms with E-state index in [2.05, 4.69) is 4.98 Å². The first-order chi connectivity index (χ1) is 11.9. The van der Waals surface area contributed by atoms with Crippen molar-refractivity contribution in [3.05, 3.63) is 53.7 Å². The first kappa shape index (κ1) is 18.4. The third kappa shape index (κ3) is 5.00. The number of carbonyl (C=O) groups is 2. The molecule has 8 nitrogen and oxygen atoms in total. The van der Waals surface area contributed by atoms with Crippen LogP contribution in [-0.2, 0) is 11.2 Å². The van der Waals surface area contributed by atoms with Crippen molar-refractivity contribution in [3.8, 4) is 11.6 Å². The summed E-state index contributed by atoms with van der Waals surface area (Å²) in [6, 6.07) is 9.56. The lowest BCUT2D eigenvalue weighted by molar-refractivity contribution is -0.130. The fourth-order valence-corrected chi connectivity index (χ4v) is 2.13. The molecule has 0 spiro atoms. The highest BCUT2D eigenvalue weighted by molar-refractivity contribution is 5.92. The monoisotopic (exact) mass is 344 g/mol. The van der Waals surface area contributed by atoms with Crippen molar-refractivity contribution < 1.29 is 19.5 Å². The summed E-state index contributed by atoms with van der Waals surface area (Å²) >= 11 is 0. The molecule has 0 aliphatic rings. The molecule has 0 saturated carbocycles. The quantitative estimate of drug-likeness (QED) is 0.530. The average molecular weight is 344 g/mol. The van der Waals surface area contributed by atoms with Gasteiger partial charge in [0.25, 0.3) is 5.91 Å². The van der Waals surface area contributed by atoms with E-state index in [-0.39, 0.29) is 11.5 Å². The van der Waals surface area contributed by atoms with Gasteiger partial charge in [0.05, 0.1) is 11.6 Å². The predicted molar refractivity (Wildman–Crippen MR) is 90.4 cm³/mol. The summed E-state index contributed by atoms with van der Waals surface area (Å²) in [6.45, 7) is 0. The van der Waals surface area contributed by atoms with E-state index < -0.39 is 11.9 Å². The number of nitrogens with two attached hydrogens (primary N) is 1. The molecule has 1 aromatic carbocycles. The Morgan fingerprint density at radius 3 is 2.44 bits per heavy atom. The highest BCUT2D eigenvalue weighted by Crippen LogP contribution is 2.20. The van der Waals surface area contributed by atoms with Gasteiger partial charge in [-0.2, -0.15) is 0 Å². The second kappa shape index (κ2) is 8.22. The van der Waals surface area contributed by atoms with Gasteiger partial charge in [-0.15, -0.1) is 0 Å². The molecule has 0 aliphatic carbocycles. The van der Waals surface area contributed by atoms with Crippen LogP contribution >= 0.6 is 0 Å². The maximum atomic E-state index is 11.8. The number of hydrogen-bond donors (Lipinski definition) is 3. The molecular formula is C17H20N4O4. The van der Waals surface area contributed by atoms with Crippen LogP contribution in [0, 0.1) is 0 Å². The number of rotatable bonds is 6. The fourth-order valence-electron chi connectivity index (χ4n) is 2.13. The smallest absolute Gasteiger partial charge is 0.276 e. The second-order valence-electron chi connectivity index (χ2n) is 5.62. The minimum atomic E-state index is -0.646. The predicted octanol–water partition coefficient (Wildman–Crippen LogP) is 0.951. The van der Waals surface area contributed by atoms with Gasteiger partial charge in [0.15, 0.2) is 0 Å².